The Morgan fingerprint density at radius 3 is 2.57 bits per heavy atom. The molecule has 2 aromatic rings. The summed E-state index contributed by atoms with van der Waals surface area (Å²) in [4.78, 5) is 15.1. The van der Waals surface area contributed by atoms with E-state index in [1.807, 2.05) is 24.3 Å². The molecule has 0 saturated heterocycles. The molecule has 5 nitrogen and oxygen atoms in total. The van der Waals surface area contributed by atoms with Crippen LogP contribution in [0.2, 0.25) is 0 Å². The molecule has 1 heterocycles. The first kappa shape index (κ1) is 15.2. The molecule has 1 aromatic carbocycles. The highest BCUT2D eigenvalue weighted by Gasteiger charge is 2.21. The molecule has 21 heavy (non-hydrogen) atoms. The van der Waals surface area contributed by atoms with Crippen molar-refractivity contribution in [2.45, 2.75) is 39.7 Å². The third-order valence-electron chi connectivity index (χ3n) is 4.08. The number of hydrogen-bond acceptors (Lipinski definition) is 4. The number of rotatable bonds is 6. The Balaban J connectivity index is 2.49. The topological polar surface area (TPSA) is 68.1 Å². The molecule has 5 heteroatoms. The van der Waals surface area contributed by atoms with E-state index in [-0.39, 0.29) is 16.7 Å². The summed E-state index contributed by atoms with van der Waals surface area (Å²) >= 11 is 0. The van der Waals surface area contributed by atoms with Crippen LogP contribution in [0.25, 0.3) is 10.9 Å². The first-order chi connectivity index (χ1) is 10.1. The number of nitro groups is 1. The lowest BCUT2D eigenvalue weighted by molar-refractivity contribution is -0.384. The Bertz CT molecular complexity index is 638. The molecular weight excluding hydrogens is 266 g/mol. The Morgan fingerprint density at radius 2 is 1.95 bits per heavy atom. The molecule has 0 saturated carbocycles. The average molecular weight is 287 g/mol. The van der Waals surface area contributed by atoms with Gasteiger partial charge in [-0.2, -0.15) is 0 Å². The van der Waals surface area contributed by atoms with Crippen molar-refractivity contribution in [2.24, 2.45) is 5.92 Å². The summed E-state index contributed by atoms with van der Waals surface area (Å²) in [6.07, 6.45) is 3.42. The quantitative estimate of drug-likeness (QED) is 0.632. The molecule has 112 valence electrons. The molecule has 0 amide bonds. The largest absolute Gasteiger partial charge is 0.376 e. The maximum absolute atomic E-state index is 11.3. The first-order valence-electron chi connectivity index (χ1n) is 7.37. The number of pyridine rings is 1. The lowest BCUT2D eigenvalue weighted by Crippen LogP contribution is -2.25. The van der Waals surface area contributed by atoms with Gasteiger partial charge in [0.2, 0.25) is 0 Å². The maximum Gasteiger partial charge on any atom is 0.311 e. The van der Waals surface area contributed by atoms with Crippen LogP contribution in [0.1, 0.15) is 33.6 Å². The molecule has 0 bridgehead atoms. The standard InChI is InChI=1S/C16H21N3O2/c1-4-12(5-2)11(3)18-16-13-8-6-7-9-14(13)17-10-15(16)19(20)21/h6-12H,4-5H2,1-3H3,(H,17,18). The van der Waals surface area contributed by atoms with E-state index in [1.54, 1.807) is 0 Å². The van der Waals surface area contributed by atoms with Crippen molar-refractivity contribution in [3.63, 3.8) is 0 Å². The van der Waals surface area contributed by atoms with Crippen molar-refractivity contribution >= 4 is 22.3 Å². The van der Waals surface area contributed by atoms with Gasteiger partial charge in [-0.05, 0) is 18.9 Å². The normalized spacial score (nSPS) is 12.6. The van der Waals surface area contributed by atoms with Gasteiger partial charge in [0, 0.05) is 11.4 Å². The summed E-state index contributed by atoms with van der Waals surface area (Å²) in [5.74, 6) is 0.483. The van der Waals surface area contributed by atoms with Gasteiger partial charge in [-0.25, -0.2) is 4.98 Å². The number of nitrogens with zero attached hydrogens (tertiary/aromatic N) is 2. The van der Waals surface area contributed by atoms with Gasteiger partial charge in [-0.15, -0.1) is 0 Å². The van der Waals surface area contributed by atoms with Crippen molar-refractivity contribution in [3.05, 3.63) is 40.6 Å². The highest BCUT2D eigenvalue weighted by atomic mass is 16.6. The molecule has 2 rings (SSSR count). The van der Waals surface area contributed by atoms with Crippen LogP contribution < -0.4 is 5.32 Å². The molecule has 0 radical (unpaired) electrons. The molecule has 0 fully saturated rings. The lowest BCUT2D eigenvalue weighted by Gasteiger charge is -2.24. The van der Waals surface area contributed by atoms with Crippen LogP contribution >= 0.6 is 0 Å². The number of para-hydroxylation sites is 1. The van der Waals surface area contributed by atoms with E-state index in [1.165, 1.54) is 6.20 Å². The van der Waals surface area contributed by atoms with Gasteiger partial charge < -0.3 is 5.32 Å². The maximum atomic E-state index is 11.3. The molecule has 1 N–H and O–H groups in total. The van der Waals surface area contributed by atoms with Gasteiger partial charge in [0.05, 0.1) is 10.4 Å². The first-order valence-corrected chi connectivity index (χ1v) is 7.37. The van der Waals surface area contributed by atoms with Crippen LogP contribution in [0.3, 0.4) is 0 Å². The van der Waals surface area contributed by atoms with Crippen molar-refractivity contribution in [2.75, 3.05) is 5.32 Å². The summed E-state index contributed by atoms with van der Waals surface area (Å²) in [6.45, 7) is 6.37. The number of anilines is 1. The SMILES string of the molecule is CCC(CC)C(C)Nc1c([N+](=O)[O-])cnc2ccccc12. The van der Waals surface area contributed by atoms with Crippen molar-refractivity contribution < 1.29 is 4.92 Å². The van der Waals surface area contributed by atoms with E-state index >= 15 is 0 Å². The van der Waals surface area contributed by atoms with Crippen molar-refractivity contribution in [1.82, 2.24) is 4.98 Å². The average Bonchev–Trinajstić information content (AvgIpc) is 2.48. The highest BCUT2D eigenvalue weighted by molar-refractivity contribution is 5.95. The van der Waals surface area contributed by atoms with Gasteiger partial charge in [-0.1, -0.05) is 44.9 Å². The van der Waals surface area contributed by atoms with Gasteiger partial charge in [0.15, 0.2) is 0 Å². The molecule has 1 unspecified atom stereocenters. The predicted molar refractivity (Wildman–Crippen MR) is 85.6 cm³/mol. The molecule has 0 aliphatic rings. The van der Waals surface area contributed by atoms with E-state index in [2.05, 4.69) is 31.1 Å². The van der Waals surface area contributed by atoms with E-state index in [9.17, 15) is 10.1 Å². The highest BCUT2D eigenvalue weighted by Crippen LogP contribution is 2.33. The van der Waals surface area contributed by atoms with Crippen LogP contribution in [0.4, 0.5) is 11.4 Å². The minimum absolute atomic E-state index is 0.0338. The number of nitrogens with one attached hydrogen (secondary N) is 1. The Kier molecular flexibility index (Phi) is 4.73. The second-order valence-corrected chi connectivity index (χ2v) is 5.30. The molecule has 0 aliphatic carbocycles. The van der Waals surface area contributed by atoms with Crippen LogP contribution in [0.15, 0.2) is 30.5 Å². The van der Waals surface area contributed by atoms with Crippen molar-refractivity contribution in [3.8, 4) is 0 Å². The third kappa shape index (κ3) is 3.12. The molecular formula is C16H21N3O2. The minimum Gasteiger partial charge on any atom is -0.376 e. The fraction of sp³-hybridized carbons (Fsp3) is 0.438. The molecule has 1 aromatic heterocycles. The summed E-state index contributed by atoms with van der Waals surface area (Å²) in [5, 5.41) is 15.4. The molecule has 1 atom stereocenters. The predicted octanol–water partition coefficient (Wildman–Crippen LogP) is 4.38. The van der Waals surface area contributed by atoms with E-state index in [4.69, 9.17) is 0 Å². The van der Waals surface area contributed by atoms with Crippen molar-refractivity contribution in [1.29, 1.82) is 0 Å². The number of benzene rings is 1. The number of fused-ring (bicyclic) bond motifs is 1. The summed E-state index contributed by atoms with van der Waals surface area (Å²) < 4.78 is 0. The number of aromatic nitrogens is 1. The zero-order chi connectivity index (χ0) is 15.4. The van der Waals surface area contributed by atoms with Gasteiger partial charge in [0.1, 0.15) is 11.9 Å². The lowest BCUT2D eigenvalue weighted by atomic mass is 9.95. The monoisotopic (exact) mass is 287 g/mol. The zero-order valence-electron chi connectivity index (χ0n) is 12.7. The summed E-state index contributed by atoms with van der Waals surface area (Å²) in [7, 11) is 0. The van der Waals surface area contributed by atoms with E-state index in [0.717, 1.165) is 23.7 Å². The fourth-order valence-corrected chi connectivity index (χ4v) is 2.76. The second kappa shape index (κ2) is 6.52. The van der Waals surface area contributed by atoms with Gasteiger partial charge in [-0.3, -0.25) is 10.1 Å². The minimum atomic E-state index is -0.374. The van der Waals surface area contributed by atoms with Gasteiger partial charge in [0.25, 0.3) is 0 Å². The van der Waals surface area contributed by atoms with E-state index < -0.39 is 0 Å². The Labute approximate surface area is 124 Å². The second-order valence-electron chi connectivity index (χ2n) is 5.30. The molecule has 0 spiro atoms. The summed E-state index contributed by atoms with van der Waals surface area (Å²) in [6, 6.07) is 7.67. The smallest absolute Gasteiger partial charge is 0.311 e. The van der Waals surface area contributed by atoms with Crippen LogP contribution in [0, 0.1) is 16.0 Å². The number of hydrogen-bond donors (Lipinski definition) is 1. The zero-order valence-corrected chi connectivity index (χ0v) is 12.7. The van der Waals surface area contributed by atoms with E-state index in [0.29, 0.717) is 11.6 Å². The summed E-state index contributed by atoms with van der Waals surface area (Å²) in [5.41, 5.74) is 1.37. The van der Waals surface area contributed by atoms with Crippen LogP contribution in [-0.2, 0) is 0 Å². The Morgan fingerprint density at radius 1 is 1.29 bits per heavy atom. The fourth-order valence-electron chi connectivity index (χ4n) is 2.76. The Hall–Kier alpha value is -2.17. The third-order valence-corrected chi connectivity index (χ3v) is 4.08. The van der Waals surface area contributed by atoms with Gasteiger partial charge >= 0.3 is 5.69 Å². The molecule has 0 aliphatic heterocycles. The van der Waals surface area contributed by atoms with Crippen LogP contribution in [0.5, 0.6) is 0 Å². The van der Waals surface area contributed by atoms with Crippen LogP contribution in [-0.4, -0.2) is 15.9 Å².